The molecule has 0 aromatic heterocycles. The fourth-order valence-electron chi connectivity index (χ4n) is 1.54. The van der Waals surface area contributed by atoms with Crippen LogP contribution in [0.2, 0.25) is 0 Å². The molecule has 0 saturated heterocycles. The molecule has 0 spiro atoms. The van der Waals surface area contributed by atoms with Gasteiger partial charge in [-0.25, -0.2) is 0 Å². The lowest BCUT2D eigenvalue weighted by molar-refractivity contribution is -0.144. The van der Waals surface area contributed by atoms with E-state index in [-0.39, 0.29) is 5.97 Å². The Morgan fingerprint density at radius 2 is 2.11 bits per heavy atom. The van der Waals surface area contributed by atoms with Crippen molar-refractivity contribution in [3.8, 4) is 0 Å². The Morgan fingerprint density at radius 1 is 1.42 bits per heavy atom. The maximum atomic E-state index is 11.3. The lowest BCUT2D eigenvalue weighted by Crippen LogP contribution is -2.32. The highest BCUT2D eigenvalue weighted by molar-refractivity contribution is 7.99. The number of thioether (sulfide) groups is 1. The second-order valence-electron chi connectivity index (χ2n) is 4.15. The van der Waals surface area contributed by atoms with Gasteiger partial charge in [0.05, 0.1) is 12.7 Å². The molecule has 2 unspecified atom stereocenters. The zero-order valence-electron chi connectivity index (χ0n) is 11.1. The Morgan fingerprint density at radius 3 is 2.74 bits per heavy atom. The number of ether oxygens (including phenoxy) is 1. The van der Waals surface area contributed by atoms with Gasteiger partial charge in [-0.15, -0.1) is 0 Å². The van der Waals surface area contributed by atoms with E-state index in [1.807, 2.05) is 30.3 Å². The molecule has 0 aliphatic carbocycles. The van der Waals surface area contributed by atoms with Gasteiger partial charge in [-0.2, -0.15) is 11.8 Å². The van der Waals surface area contributed by atoms with Crippen molar-refractivity contribution in [2.24, 2.45) is 5.73 Å². The Balaban J connectivity index is 2.19. The molecule has 0 aliphatic heterocycles. The minimum atomic E-state index is -0.568. The molecular formula is C14H21NO3S. The summed E-state index contributed by atoms with van der Waals surface area (Å²) in [7, 11) is 0. The number of benzene rings is 1. The molecule has 0 amide bonds. The number of nitrogens with two attached hydrogens (primary N) is 1. The van der Waals surface area contributed by atoms with Gasteiger partial charge in [0, 0.05) is 5.75 Å². The van der Waals surface area contributed by atoms with Crippen molar-refractivity contribution in [2.75, 3.05) is 18.1 Å². The monoisotopic (exact) mass is 283 g/mol. The predicted molar refractivity (Wildman–Crippen MR) is 78.0 cm³/mol. The van der Waals surface area contributed by atoms with Crippen LogP contribution in [0.3, 0.4) is 0 Å². The predicted octanol–water partition coefficient (Wildman–Crippen LogP) is 1.73. The Labute approximate surface area is 118 Å². The average molecular weight is 283 g/mol. The van der Waals surface area contributed by atoms with Gasteiger partial charge in [0.2, 0.25) is 0 Å². The molecular weight excluding hydrogens is 262 g/mol. The van der Waals surface area contributed by atoms with E-state index in [1.165, 1.54) is 0 Å². The highest BCUT2D eigenvalue weighted by Gasteiger charge is 2.14. The summed E-state index contributed by atoms with van der Waals surface area (Å²) in [5, 5.41) is 9.94. The zero-order chi connectivity index (χ0) is 14.1. The number of aliphatic hydroxyl groups is 1. The summed E-state index contributed by atoms with van der Waals surface area (Å²) in [5.74, 6) is 0.968. The molecule has 0 bridgehead atoms. The van der Waals surface area contributed by atoms with Crippen LogP contribution in [-0.4, -0.2) is 35.2 Å². The smallest absolute Gasteiger partial charge is 0.322 e. The summed E-state index contributed by atoms with van der Waals surface area (Å²) >= 11 is 1.58. The van der Waals surface area contributed by atoms with E-state index in [2.05, 4.69) is 0 Å². The summed E-state index contributed by atoms with van der Waals surface area (Å²) in [6.07, 6.45) is 0.0791. The van der Waals surface area contributed by atoms with Crippen LogP contribution in [0.4, 0.5) is 0 Å². The van der Waals surface area contributed by atoms with E-state index in [0.717, 1.165) is 11.3 Å². The van der Waals surface area contributed by atoms with Gasteiger partial charge < -0.3 is 15.6 Å². The van der Waals surface area contributed by atoms with Crippen molar-refractivity contribution < 1.29 is 14.6 Å². The maximum Gasteiger partial charge on any atom is 0.322 e. The fourth-order valence-corrected chi connectivity index (χ4v) is 2.55. The summed E-state index contributed by atoms with van der Waals surface area (Å²) in [6, 6.07) is 8.95. The van der Waals surface area contributed by atoms with Gasteiger partial charge in [-0.3, -0.25) is 4.79 Å². The van der Waals surface area contributed by atoms with Crippen molar-refractivity contribution >= 4 is 17.7 Å². The second-order valence-corrected chi connectivity index (χ2v) is 5.30. The highest BCUT2D eigenvalue weighted by Crippen LogP contribution is 2.18. The summed E-state index contributed by atoms with van der Waals surface area (Å²) in [6.45, 7) is 2.11. The molecule has 0 fully saturated rings. The van der Waals surface area contributed by atoms with E-state index < -0.39 is 12.1 Å². The quantitative estimate of drug-likeness (QED) is 0.561. The number of carbonyl (C=O) groups excluding carboxylic acids is 1. The highest BCUT2D eigenvalue weighted by atomic mass is 32.2. The number of rotatable bonds is 8. The first kappa shape index (κ1) is 16.0. The van der Waals surface area contributed by atoms with Crippen molar-refractivity contribution in [1.29, 1.82) is 0 Å². The Bertz CT molecular complexity index is 372. The molecule has 2 atom stereocenters. The third-order valence-corrected chi connectivity index (χ3v) is 3.70. The summed E-state index contributed by atoms with van der Waals surface area (Å²) < 4.78 is 4.83. The van der Waals surface area contributed by atoms with Gasteiger partial charge in [0.1, 0.15) is 6.04 Å². The van der Waals surface area contributed by atoms with Gasteiger partial charge in [0.25, 0.3) is 0 Å². The molecule has 1 aromatic rings. The molecule has 1 rings (SSSR count). The van der Waals surface area contributed by atoms with Gasteiger partial charge >= 0.3 is 5.97 Å². The topological polar surface area (TPSA) is 72.5 Å². The van der Waals surface area contributed by atoms with Crippen molar-refractivity contribution in [3.05, 3.63) is 35.9 Å². The Hall–Kier alpha value is -1.04. The average Bonchev–Trinajstić information content (AvgIpc) is 2.44. The molecule has 0 heterocycles. The molecule has 0 aliphatic rings. The molecule has 19 heavy (non-hydrogen) atoms. The molecule has 1 aromatic carbocycles. The van der Waals surface area contributed by atoms with Crippen molar-refractivity contribution in [1.82, 2.24) is 0 Å². The van der Waals surface area contributed by atoms with Crippen LogP contribution in [0.5, 0.6) is 0 Å². The summed E-state index contributed by atoms with van der Waals surface area (Å²) in [4.78, 5) is 11.3. The van der Waals surface area contributed by atoms with Crippen LogP contribution in [0, 0.1) is 0 Å². The van der Waals surface area contributed by atoms with Gasteiger partial charge in [0.15, 0.2) is 0 Å². The third kappa shape index (κ3) is 6.09. The van der Waals surface area contributed by atoms with Crippen LogP contribution < -0.4 is 5.73 Å². The van der Waals surface area contributed by atoms with E-state index >= 15 is 0 Å². The largest absolute Gasteiger partial charge is 0.465 e. The lowest BCUT2D eigenvalue weighted by atomic mass is 10.1. The standard InChI is InChI=1S/C14H21NO3S/c1-2-18-14(17)12(15)8-9-19-10-13(16)11-6-4-3-5-7-11/h3-7,12-13,16H,2,8-10,15H2,1H3. The van der Waals surface area contributed by atoms with E-state index in [0.29, 0.717) is 18.8 Å². The number of carbonyl (C=O) groups is 1. The number of esters is 1. The normalized spacial score (nSPS) is 13.8. The van der Waals surface area contributed by atoms with E-state index in [9.17, 15) is 9.90 Å². The van der Waals surface area contributed by atoms with Gasteiger partial charge in [-0.05, 0) is 24.7 Å². The minimum Gasteiger partial charge on any atom is -0.465 e. The van der Waals surface area contributed by atoms with Crippen LogP contribution >= 0.6 is 11.8 Å². The number of aliphatic hydroxyl groups excluding tert-OH is 1. The van der Waals surface area contributed by atoms with Crippen molar-refractivity contribution in [3.63, 3.8) is 0 Å². The third-order valence-electron chi connectivity index (χ3n) is 2.62. The molecule has 0 saturated carbocycles. The maximum absolute atomic E-state index is 11.3. The SMILES string of the molecule is CCOC(=O)C(N)CCSCC(O)c1ccccc1. The molecule has 106 valence electrons. The molecule has 5 heteroatoms. The number of hydrogen-bond donors (Lipinski definition) is 2. The zero-order valence-corrected chi connectivity index (χ0v) is 11.9. The first-order valence-electron chi connectivity index (χ1n) is 6.38. The summed E-state index contributed by atoms with van der Waals surface area (Å²) in [5.41, 5.74) is 6.59. The molecule has 0 radical (unpaired) electrons. The Kier molecular flexibility index (Phi) is 7.55. The first-order valence-corrected chi connectivity index (χ1v) is 7.53. The molecule has 4 nitrogen and oxygen atoms in total. The minimum absolute atomic E-state index is 0.354. The van der Waals surface area contributed by atoms with Crippen LogP contribution in [0.25, 0.3) is 0 Å². The van der Waals surface area contributed by atoms with Crippen molar-refractivity contribution in [2.45, 2.75) is 25.5 Å². The van der Waals surface area contributed by atoms with E-state index in [1.54, 1.807) is 18.7 Å². The van der Waals surface area contributed by atoms with Gasteiger partial charge in [-0.1, -0.05) is 30.3 Å². The van der Waals surface area contributed by atoms with Crippen LogP contribution in [0.1, 0.15) is 25.0 Å². The first-order chi connectivity index (χ1) is 9.15. The number of hydrogen-bond acceptors (Lipinski definition) is 5. The van der Waals surface area contributed by atoms with Crippen LogP contribution in [0.15, 0.2) is 30.3 Å². The fraction of sp³-hybridized carbons (Fsp3) is 0.500. The molecule has 3 N–H and O–H groups in total. The van der Waals surface area contributed by atoms with E-state index in [4.69, 9.17) is 10.5 Å². The lowest BCUT2D eigenvalue weighted by Gasteiger charge is -2.12. The van der Waals surface area contributed by atoms with Crippen LogP contribution in [-0.2, 0) is 9.53 Å². The second kappa shape index (κ2) is 8.96.